The number of carbonyl (C=O) groups excluding carboxylic acids is 3. The second kappa shape index (κ2) is 11.2. The summed E-state index contributed by atoms with van der Waals surface area (Å²) in [6, 6.07) is 5.60. The molecule has 2 aliphatic heterocycles. The molecule has 1 atom stereocenters. The van der Waals surface area contributed by atoms with Crippen LogP contribution in [0.4, 0.5) is 10.5 Å². The number of halogens is 1. The normalized spacial score (nSPS) is 18.7. The fraction of sp³-hybridized carbons (Fsp3) is 0.500. The van der Waals surface area contributed by atoms with Gasteiger partial charge >= 0.3 is 12.1 Å². The van der Waals surface area contributed by atoms with E-state index in [-0.39, 0.29) is 29.8 Å². The van der Waals surface area contributed by atoms with Crippen LogP contribution in [-0.2, 0) is 30.9 Å². The van der Waals surface area contributed by atoms with Gasteiger partial charge in [-0.15, -0.1) is 23.1 Å². The highest BCUT2D eigenvalue weighted by atomic mass is 35.5. The molecule has 3 heterocycles. The maximum atomic E-state index is 13.4. The highest BCUT2D eigenvalue weighted by Crippen LogP contribution is 2.47. The summed E-state index contributed by atoms with van der Waals surface area (Å²) in [7, 11) is 1.38. The maximum Gasteiger partial charge on any atom is 0.409 e. The fourth-order valence-electron chi connectivity index (χ4n) is 4.66. The lowest BCUT2D eigenvalue weighted by Crippen LogP contribution is -2.40. The molecule has 0 aliphatic carbocycles. The zero-order valence-corrected chi connectivity index (χ0v) is 22.1. The fourth-order valence-corrected chi connectivity index (χ4v) is 6.86. The minimum atomic E-state index is -0.356. The van der Waals surface area contributed by atoms with Crippen LogP contribution in [0, 0.1) is 0 Å². The first kappa shape index (κ1) is 25.8. The number of hydrogen-bond donors (Lipinski definition) is 0. The molecule has 1 aromatic carbocycles. The van der Waals surface area contributed by atoms with Gasteiger partial charge in [-0.2, -0.15) is 0 Å². The van der Waals surface area contributed by atoms with E-state index < -0.39 is 0 Å². The lowest BCUT2D eigenvalue weighted by atomic mass is 9.81. The Hall–Kier alpha value is -2.30. The third-order valence-electron chi connectivity index (χ3n) is 6.28. The van der Waals surface area contributed by atoms with E-state index in [1.165, 1.54) is 18.4 Å². The van der Waals surface area contributed by atoms with Crippen molar-refractivity contribution in [1.29, 1.82) is 0 Å². The third kappa shape index (κ3) is 5.76. The third-order valence-corrected chi connectivity index (χ3v) is 8.79. The highest BCUT2D eigenvalue weighted by Gasteiger charge is 2.50. The summed E-state index contributed by atoms with van der Waals surface area (Å²) in [6.45, 7) is 3.75. The minimum absolute atomic E-state index is 0.0322. The van der Waals surface area contributed by atoms with Gasteiger partial charge in [-0.25, -0.2) is 9.78 Å². The van der Waals surface area contributed by atoms with E-state index in [4.69, 9.17) is 21.1 Å². The van der Waals surface area contributed by atoms with Crippen LogP contribution in [0.5, 0.6) is 0 Å². The van der Waals surface area contributed by atoms with Gasteiger partial charge < -0.3 is 19.3 Å². The van der Waals surface area contributed by atoms with Gasteiger partial charge in [-0.05, 0) is 49.3 Å². The number of carbonyl (C=O) groups is 3. The Labute approximate surface area is 217 Å². The van der Waals surface area contributed by atoms with Crippen molar-refractivity contribution in [2.75, 3.05) is 44.0 Å². The second-order valence-corrected chi connectivity index (χ2v) is 11.5. The van der Waals surface area contributed by atoms with Crippen LogP contribution < -0.4 is 4.90 Å². The molecular formula is C24H28ClN3O5S2. The van der Waals surface area contributed by atoms with E-state index in [0.29, 0.717) is 37.7 Å². The molecule has 2 aromatic rings. The summed E-state index contributed by atoms with van der Waals surface area (Å²) in [4.78, 5) is 44.9. The molecule has 0 bridgehead atoms. The van der Waals surface area contributed by atoms with Gasteiger partial charge in [0.25, 0.3) is 0 Å². The van der Waals surface area contributed by atoms with E-state index in [1.807, 2.05) is 12.1 Å². The predicted octanol–water partition coefficient (Wildman–Crippen LogP) is 4.53. The van der Waals surface area contributed by atoms with Crippen molar-refractivity contribution in [3.8, 4) is 0 Å². The SMILES string of the molecule is CCOC(=O)CCCSc1cnc(CC(=O)N2CC3(CCN(C(=O)OC)C3)c3cc(Cl)ccc32)s1. The monoisotopic (exact) mass is 537 g/mol. The standard InChI is InChI=1S/C24H28ClN3O5S2/c1-3-33-21(30)5-4-10-34-22-13-26-19(35-22)12-20(29)28-15-24(8-9-27(14-24)23(31)32-2)17-11-16(25)6-7-18(17)28/h6-7,11,13H,3-5,8-10,12,14-15H2,1-2H3. The number of aromatic nitrogens is 1. The van der Waals surface area contributed by atoms with E-state index in [0.717, 1.165) is 39.1 Å². The van der Waals surface area contributed by atoms with E-state index in [9.17, 15) is 14.4 Å². The number of benzene rings is 1. The number of methoxy groups -OCH3 is 1. The number of anilines is 1. The first-order chi connectivity index (χ1) is 16.8. The number of thiazole rings is 1. The number of hydrogen-bond acceptors (Lipinski definition) is 8. The Morgan fingerprint density at radius 1 is 1.29 bits per heavy atom. The van der Waals surface area contributed by atoms with Crippen LogP contribution in [0.2, 0.25) is 5.02 Å². The van der Waals surface area contributed by atoms with Gasteiger partial charge in [0.1, 0.15) is 5.01 Å². The molecule has 188 valence electrons. The van der Waals surface area contributed by atoms with E-state index in [1.54, 1.807) is 40.7 Å². The number of ether oxygens (including phenoxy) is 2. The van der Waals surface area contributed by atoms with Crippen molar-refractivity contribution in [3.63, 3.8) is 0 Å². The number of amides is 2. The molecule has 0 radical (unpaired) electrons. The number of likely N-dealkylation sites (tertiary alicyclic amines) is 1. The number of thioether (sulfide) groups is 1. The Morgan fingerprint density at radius 3 is 2.89 bits per heavy atom. The van der Waals surface area contributed by atoms with Crippen LogP contribution in [0.3, 0.4) is 0 Å². The Morgan fingerprint density at radius 2 is 2.11 bits per heavy atom. The molecule has 1 spiro atoms. The minimum Gasteiger partial charge on any atom is -0.466 e. The Bertz CT molecular complexity index is 1110. The quantitative estimate of drug-likeness (QED) is 0.277. The number of rotatable bonds is 8. The molecule has 1 aromatic heterocycles. The molecule has 0 saturated carbocycles. The molecule has 2 aliphatic rings. The zero-order chi connectivity index (χ0) is 25.0. The molecule has 2 amide bonds. The lowest BCUT2D eigenvalue weighted by molar-refractivity contribution is -0.143. The Kier molecular flexibility index (Phi) is 8.23. The number of nitrogens with zero attached hydrogens (tertiary/aromatic N) is 3. The van der Waals surface area contributed by atoms with Crippen molar-refractivity contribution in [2.24, 2.45) is 0 Å². The molecule has 0 N–H and O–H groups in total. The largest absolute Gasteiger partial charge is 0.466 e. The van der Waals surface area contributed by atoms with Gasteiger partial charge in [-0.1, -0.05) is 11.6 Å². The van der Waals surface area contributed by atoms with Crippen LogP contribution in [0.25, 0.3) is 0 Å². The van der Waals surface area contributed by atoms with Crippen LogP contribution in [0.15, 0.2) is 28.6 Å². The molecule has 1 fully saturated rings. The molecular weight excluding hydrogens is 510 g/mol. The van der Waals surface area contributed by atoms with Crippen molar-refractivity contribution in [3.05, 3.63) is 40.0 Å². The van der Waals surface area contributed by atoms with Gasteiger partial charge in [0.2, 0.25) is 5.91 Å². The van der Waals surface area contributed by atoms with Gasteiger partial charge in [0, 0.05) is 42.2 Å². The molecule has 11 heteroatoms. The summed E-state index contributed by atoms with van der Waals surface area (Å²) in [5.74, 6) is 0.578. The summed E-state index contributed by atoms with van der Waals surface area (Å²) < 4.78 is 10.9. The topological polar surface area (TPSA) is 89.0 Å². The van der Waals surface area contributed by atoms with Crippen LogP contribution in [-0.4, -0.2) is 67.0 Å². The highest BCUT2D eigenvalue weighted by molar-refractivity contribution is 8.01. The van der Waals surface area contributed by atoms with Crippen molar-refractivity contribution in [1.82, 2.24) is 9.88 Å². The summed E-state index contributed by atoms with van der Waals surface area (Å²) >= 11 is 9.44. The molecule has 8 nitrogen and oxygen atoms in total. The first-order valence-corrected chi connectivity index (χ1v) is 13.7. The second-order valence-electron chi connectivity index (χ2n) is 8.57. The predicted molar refractivity (Wildman–Crippen MR) is 136 cm³/mol. The average Bonchev–Trinajstić information content (AvgIpc) is 3.55. The smallest absolute Gasteiger partial charge is 0.409 e. The zero-order valence-electron chi connectivity index (χ0n) is 19.8. The first-order valence-electron chi connectivity index (χ1n) is 11.5. The summed E-state index contributed by atoms with van der Waals surface area (Å²) in [5.41, 5.74) is 1.49. The van der Waals surface area contributed by atoms with E-state index in [2.05, 4.69) is 4.98 Å². The average molecular weight is 538 g/mol. The molecule has 1 unspecified atom stereocenters. The Balaban J connectivity index is 1.40. The van der Waals surface area contributed by atoms with Crippen LogP contribution >= 0.6 is 34.7 Å². The van der Waals surface area contributed by atoms with E-state index >= 15 is 0 Å². The maximum absolute atomic E-state index is 13.4. The van der Waals surface area contributed by atoms with Gasteiger partial charge in [-0.3, -0.25) is 9.59 Å². The van der Waals surface area contributed by atoms with Crippen molar-refractivity contribution >= 4 is 58.4 Å². The van der Waals surface area contributed by atoms with Crippen LogP contribution in [0.1, 0.15) is 36.8 Å². The lowest BCUT2D eigenvalue weighted by Gasteiger charge is -2.25. The number of esters is 1. The summed E-state index contributed by atoms with van der Waals surface area (Å²) in [5, 5.41) is 1.36. The van der Waals surface area contributed by atoms with Gasteiger partial charge in [0.05, 0.1) is 30.5 Å². The molecule has 4 rings (SSSR count). The van der Waals surface area contributed by atoms with Crippen molar-refractivity contribution in [2.45, 2.75) is 42.2 Å². The number of fused-ring (bicyclic) bond motifs is 2. The molecule has 35 heavy (non-hydrogen) atoms. The van der Waals surface area contributed by atoms with Gasteiger partial charge in [0.15, 0.2) is 0 Å². The molecule has 1 saturated heterocycles. The van der Waals surface area contributed by atoms with Crippen molar-refractivity contribution < 1.29 is 23.9 Å². The summed E-state index contributed by atoms with van der Waals surface area (Å²) in [6.07, 6.45) is 3.50.